The van der Waals surface area contributed by atoms with Gasteiger partial charge in [-0.2, -0.15) is 13.2 Å². The van der Waals surface area contributed by atoms with Crippen molar-refractivity contribution >= 4 is 11.7 Å². The van der Waals surface area contributed by atoms with E-state index in [0.29, 0.717) is 28.4 Å². The SMILES string of the molecule is COc1cc2c(cc1OC)C(c1ccccc1C(F)(F)F)C1=C(COC1=O)N2. The highest BCUT2D eigenvalue weighted by molar-refractivity contribution is 5.97. The van der Waals surface area contributed by atoms with Crippen LogP contribution in [0.4, 0.5) is 18.9 Å². The zero-order valence-corrected chi connectivity index (χ0v) is 15.0. The van der Waals surface area contributed by atoms with E-state index in [9.17, 15) is 18.0 Å². The van der Waals surface area contributed by atoms with Crippen LogP contribution in [0.1, 0.15) is 22.6 Å². The number of methoxy groups -OCH3 is 2. The molecule has 0 radical (unpaired) electrons. The number of hydrogen-bond donors (Lipinski definition) is 1. The number of cyclic esters (lactones) is 1. The van der Waals surface area contributed by atoms with Gasteiger partial charge >= 0.3 is 12.1 Å². The highest BCUT2D eigenvalue weighted by atomic mass is 19.4. The van der Waals surface area contributed by atoms with Crippen LogP contribution in [0.3, 0.4) is 0 Å². The lowest BCUT2D eigenvalue weighted by atomic mass is 9.79. The first kappa shape index (κ1) is 18.2. The number of alkyl halides is 3. The maximum atomic E-state index is 13.7. The van der Waals surface area contributed by atoms with Crippen molar-refractivity contribution in [2.45, 2.75) is 12.1 Å². The number of carbonyl (C=O) groups excluding carboxylic acids is 1. The average molecular weight is 391 g/mol. The Bertz CT molecular complexity index is 997. The summed E-state index contributed by atoms with van der Waals surface area (Å²) in [6.07, 6.45) is -4.57. The predicted octanol–water partition coefficient (Wildman–Crippen LogP) is 4.09. The maximum absolute atomic E-state index is 13.7. The van der Waals surface area contributed by atoms with Crippen LogP contribution < -0.4 is 14.8 Å². The second-order valence-corrected chi connectivity index (χ2v) is 6.41. The van der Waals surface area contributed by atoms with E-state index in [2.05, 4.69) is 5.32 Å². The van der Waals surface area contributed by atoms with E-state index in [0.717, 1.165) is 6.07 Å². The summed E-state index contributed by atoms with van der Waals surface area (Å²) < 4.78 is 56.8. The van der Waals surface area contributed by atoms with Gasteiger partial charge in [-0.1, -0.05) is 18.2 Å². The molecule has 0 amide bonds. The topological polar surface area (TPSA) is 56.8 Å². The van der Waals surface area contributed by atoms with Gasteiger partial charge in [0.15, 0.2) is 11.5 Å². The van der Waals surface area contributed by atoms with E-state index < -0.39 is 23.6 Å². The molecule has 0 aliphatic carbocycles. The Morgan fingerprint density at radius 1 is 1.07 bits per heavy atom. The van der Waals surface area contributed by atoms with E-state index in [1.54, 1.807) is 12.1 Å². The number of carbonyl (C=O) groups is 1. The smallest absolute Gasteiger partial charge is 0.416 e. The molecule has 1 N–H and O–H groups in total. The number of nitrogens with one attached hydrogen (secondary N) is 1. The van der Waals surface area contributed by atoms with Gasteiger partial charge in [-0.25, -0.2) is 4.79 Å². The van der Waals surface area contributed by atoms with Crippen molar-refractivity contribution in [3.05, 3.63) is 64.4 Å². The molecule has 0 saturated heterocycles. The van der Waals surface area contributed by atoms with Crippen molar-refractivity contribution in [3.8, 4) is 11.5 Å². The molecule has 0 spiro atoms. The molecule has 0 bridgehead atoms. The molecule has 0 fully saturated rings. The fraction of sp³-hybridized carbons (Fsp3) is 0.250. The third-order valence-electron chi connectivity index (χ3n) is 4.91. The van der Waals surface area contributed by atoms with Gasteiger partial charge in [0.05, 0.1) is 31.1 Å². The molecular formula is C20H16F3NO4. The van der Waals surface area contributed by atoms with Gasteiger partial charge in [-0.3, -0.25) is 0 Å². The average Bonchev–Trinajstić information content (AvgIpc) is 3.04. The van der Waals surface area contributed by atoms with Crippen molar-refractivity contribution < 1.29 is 32.2 Å². The predicted molar refractivity (Wildman–Crippen MR) is 94.4 cm³/mol. The molecule has 2 aromatic rings. The molecule has 5 nitrogen and oxygen atoms in total. The number of benzene rings is 2. The van der Waals surface area contributed by atoms with Crippen LogP contribution in [-0.2, 0) is 15.7 Å². The van der Waals surface area contributed by atoms with Crippen molar-refractivity contribution in [1.82, 2.24) is 0 Å². The minimum atomic E-state index is -4.57. The second-order valence-electron chi connectivity index (χ2n) is 6.41. The normalized spacial score (nSPS) is 18.2. The van der Waals surface area contributed by atoms with Gasteiger partial charge in [0, 0.05) is 17.7 Å². The van der Waals surface area contributed by atoms with Crippen molar-refractivity contribution in [3.63, 3.8) is 0 Å². The van der Waals surface area contributed by atoms with E-state index in [-0.39, 0.29) is 17.7 Å². The monoisotopic (exact) mass is 391 g/mol. The molecule has 2 aliphatic heterocycles. The first-order valence-corrected chi connectivity index (χ1v) is 8.44. The highest BCUT2D eigenvalue weighted by Crippen LogP contribution is 2.50. The summed E-state index contributed by atoms with van der Waals surface area (Å²) in [7, 11) is 2.91. The number of esters is 1. The zero-order valence-electron chi connectivity index (χ0n) is 15.0. The molecule has 1 atom stereocenters. The minimum Gasteiger partial charge on any atom is -0.493 e. The Balaban J connectivity index is 2.00. The Morgan fingerprint density at radius 2 is 1.75 bits per heavy atom. The van der Waals surface area contributed by atoms with Crippen LogP contribution >= 0.6 is 0 Å². The van der Waals surface area contributed by atoms with E-state index in [4.69, 9.17) is 14.2 Å². The summed E-state index contributed by atoms with van der Waals surface area (Å²) in [5, 5.41) is 3.09. The van der Waals surface area contributed by atoms with Gasteiger partial charge in [-0.15, -0.1) is 0 Å². The van der Waals surface area contributed by atoms with E-state index in [1.165, 1.54) is 32.4 Å². The number of halogens is 3. The second kappa shape index (κ2) is 6.47. The fourth-order valence-corrected chi connectivity index (χ4v) is 3.70. The van der Waals surface area contributed by atoms with Gasteiger partial charge in [-0.05, 0) is 23.3 Å². The molecule has 146 valence electrons. The fourth-order valence-electron chi connectivity index (χ4n) is 3.70. The largest absolute Gasteiger partial charge is 0.493 e. The lowest BCUT2D eigenvalue weighted by Gasteiger charge is -2.29. The Kier molecular flexibility index (Phi) is 4.21. The Labute approximate surface area is 158 Å². The summed E-state index contributed by atoms with van der Waals surface area (Å²) in [4.78, 5) is 12.4. The van der Waals surface area contributed by atoms with Gasteiger partial charge in [0.1, 0.15) is 6.61 Å². The van der Waals surface area contributed by atoms with Crippen molar-refractivity contribution in [2.75, 3.05) is 26.1 Å². The molecule has 0 aromatic heterocycles. The standard InChI is InChI=1S/C20H16F3NO4/c1-26-15-7-11-13(8-16(15)27-2)24-14-9-28-19(25)18(14)17(11)10-5-3-4-6-12(10)20(21,22)23/h3-8,17,24H,9H2,1-2H3. The van der Waals surface area contributed by atoms with Crippen LogP contribution in [0, 0.1) is 0 Å². The molecule has 4 rings (SSSR count). The number of fused-ring (bicyclic) bond motifs is 1. The van der Waals surface area contributed by atoms with Crippen LogP contribution in [0.5, 0.6) is 11.5 Å². The van der Waals surface area contributed by atoms with Crippen molar-refractivity contribution in [1.29, 1.82) is 0 Å². The van der Waals surface area contributed by atoms with Gasteiger partial charge in [0.25, 0.3) is 0 Å². The molecule has 2 aliphatic rings. The molecule has 8 heteroatoms. The molecule has 28 heavy (non-hydrogen) atoms. The van der Waals surface area contributed by atoms with Gasteiger partial charge < -0.3 is 19.5 Å². The van der Waals surface area contributed by atoms with E-state index in [1.807, 2.05) is 0 Å². The van der Waals surface area contributed by atoms with E-state index >= 15 is 0 Å². The lowest BCUT2D eigenvalue weighted by Crippen LogP contribution is -2.22. The first-order valence-electron chi connectivity index (χ1n) is 8.44. The van der Waals surface area contributed by atoms with Crippen molar-refractivity contribution in [2.24, 2.45) is 0 Å². The first-order chi connectivity index (χ1) is 13.3. The third kappa shape index (κ3) is 2.76. The molecule has 1 unspecified atom stereocenters. The minimum absolute atomic E-state index is 0.0173. The van der Waals surface area contributed by atoms with Gasteiger partial charge in [0.2, 0.25) is 0 Å². The Morgan fingerprint density at radius 3 is 2.43 bits per heavy atom. The summed E-state index contributed by atoms with van der Waals surface area (Å²) in [6.45, 7) is -0.0212. The van der Waals surface area contributed by atoms with Crippen LogP contribution in [0.2, 0.25) is 0 Å². The van der Waals surface area contributed by atoms with Crippen LogP contribution in [0.25, 0.3) is 0 Å². The number of rotatable bonds is 3. The summed E-state index contributed by atoms with van der Waals surface area (Å²) in [5.41, 5.74) is 0.831. The van der Waals surface area contributed by atoms with Crippen LogP contribution in [0.15, 0.2) is 47.7 Å². The summed E-state index contributed by atoms with van der Waals surface area (Å²) >= 11 is 0. The molecule has 2 aromatic carbocycles. The quantitative estimate of drug-likeness (QED) is 0.799. The molecular weight excluding hydrogens is 375 g/mol. The van der Waals surface area contributed by atoms with Crippen LogP contribution in [-0.4, -0.2) is 26.8 Å². The highest BCUT2D eigenvalue weighted by Gasteiger charge is 2.43. The summed E-state index contributed by atoms with van der Waals surface area (Å²) in [6, 6.07) is 8.48. The maximum Gasteiger partial charge on any atom is 0.416 e. The zero-order chi connectivity index (χ0) is 20.1. The molecule has 2 heterocycles. The lowest BCUT2D eigenvalue weighted by molar-refractivity contribution is -0.139. The molecule has 0 saturated carbocycles. The number of hydrogen-bond acceptors (Lipinski definition) is 5. The number of ether oxygens (including phenoxy) is 3. The Hall–Kier alpha value is -3.16. The third-order valence-corrected chi connectivity index (χ3v) is 4.91. The number of anilines is 1. The summed E-state index contributed by atoms with van der Waals surface area (Å²) in [5.74, 6) is -0.803.